The highest BCUT2D eigenvalue weighted by Gasteiger charge is 2.33. The number of hydrogen-bond donors (Lipinski definition) is 0. The van der Waals surface area contributed by atoms with Crippen LogP contribution in [0.15, 0.2) is 94.8 Å². The van der Waals surface area contributed by atoms with Gasteiger partial charge in [-0.05, 0) is 46.7 Å². The van der Waals surface area contributed by atoms with Gasteiger partial charge in [0, 0.05) is 5.02 Å². The molecule has 1 fully saturated rings. The Morgan fingerprint density at radius 3 is 2.14 bits per heavy atom. The molecule has 0 aliphatic carbocycles. The fraction of sp³-hybridized carbons (Fsp3) is 0.0833. The molecule has 1 saturated heterocycles. The van der Waals surface area contributed by atoms with E-state index in [1.165, 1.54) is 11.8 Å². The molecule has 144 valence electrons. The molecule has 0 N–H and O–H groups in total. The fourth-order valence-electron chi connectivity index (χ4n) is 2.98. The molecule has 5 heteroatoms. The standard InChI is InChI=1S/C24H19ClN2OS/c25-21-13-11-18(12-14-21)15-22-23(28)27(17-20-9-5-2-6-10-20)24(29-22)26-16-19-7-3-1-4-8-19/h1-15H,16-17H2/b22-15-,26-24?. The summed E-state index contributed by atoms with van der Waals surface area (Å²) in [5, 5.41) is 1.40. The Morgan fingerprint density at radius 1 is 0.862 bits per heavy atom. The molecule has 3 aromatic carbocycles. The van der Waals surface area contributed by atoms with Gasteiger partial charge in [-0.15, -0.1) is 0 Å². The third kappa shape index (κ3) is 4.97. The number of halogens is 1. The predicted octanol–water partition coefficient (Wildman–Crippen LogP) is 6.01. The quantitative estimate of drug-likeness (QED) is 0.475. The van der Waals surface area contributed by atoms with Crippen molar-refractivity contribution < 1.29 is 4.79 Å². The van der Waals surface area contributed by atoms with Crippen LogP contribution in [0.25, 0.3) is 6.08 Å². The minimum atomic E-state index is -0.0272. The molecule has 1 aliphatic heterocycles. The molecule has 0 unspecified atom stereocenters. The van der Waals surface area contributed by atoms with Gasteiger partial charge in [0.05, 0.1) is 18.0 Å². The van der Waals surface area contributed by atoms with Crippen molar-refractivity contribution in [2.24, 2.45) is 4.99 Å². The molecule has 1 amide bonds. The summed E-state index contributed by atoms with van der Waals surface area (Å²) >= 11 is 7.39. The van der Waals surface area contributed by atoms with E-state index in [-0.39, 0.29) is 5.91 Å². The fourth-order valence-corrected chi connectivity index (χ4v) is 4.09. The first-order chi connectivity index (χ1) is 14.2. The number of carbonyl (C=O) groups is 1. The maximum atomic E-state index is 13.1. The van der Waals surface area contributed by atoms with E-state index in [0.29, 0.717) is 23.0 Å². The Labute approximate surface area is 179 Å². The van der Waals surface area contributed by atoms with Crippen LogP contribution >= 0.6 is 23.4 Å². The third-order valence-electron chi connectivity index (χ3n) is 4.48. The number of amidine groups is 1. The van der Waals surface area contributed by atoms with Crippen molar-refractivity contribution in [3.05, 3.63) is 112 Å². The summed E-state index contributed by atoms with van der Waals surface area (Å²) in [5.41, 5.74) is 3.12. The molecule has 1 heterocycles. The van der Waals surface area contributed by atoms with Crippen LogP contribution in [0.5, 0.6) is 0 Å². The molecule has 0 bridgehead atoms. The summed E-state index contributed by atoms with van der Waals surface area (Å²) in [6, 6.07) is 27.5. The van der Waals surface area contributed by atoms with Gasteiger partial charge in [0.15, 0.2) is 5.17 Å². The molecule has 0 atom stereocenters. The van der Waals surface area contributed by atoms with E-state index in [9.17, 15) is 4.79 Å². The zero-order valence-corrected chi connectivity index (χ0v) is 17.2. The summed E-state index contributed by atoms with van der Waals surface area (Å²) < 4.78 is 0. The molecular weight excluding hydrogens is 400 g/mol. The molecular formula is C24H19ClN2OS. The maximum absolute atomic E-state index is 13.1. The van der Waals surface area contributed by atoms with Gasteiger partial charge in [0.2, 0.25) is 0 Å². The highest BCUT2D eigenvalue weighted by molar-refractivity contribution is 8.18. The van der Waals surface area contributed by atoms with E-state index in [1.807, 2.05) is 91.0 Å². The number of nitrogens with zero attached hydrogens (tertiary/aromatic N) is 2. The van der Waals surface area contributed by atoms with Gasteiger partial charge in [0.1, 0.15) is 0 Å². The Bertz CT molecular complexity index is 1050. The third-order valence-corrected chi connectivity index (χ3v) is 5.78. The number of thioether (sulfide) groups is 1. The Balaban J connectivity index is 1.62. The zero-order valence-electron chi connectivity index (χ0n) is 15.7. The Morgan fingerprint density at radius 2 is 1.48 bits per heavy atom. The average Bonchev–Trinajstić information content (AvgIpc) is 3.04. The topological polar surface area (TPSA) is 32.7 Å². The van der Waals surface area contributed by atoms with E-state index in [2.05, 4.69) is 0 Å². The van der Waals surface area contributed by atoms with E-state index in [4.69, 9.17) is 16.6 Å². The van der Waals surface area contributed by atoms with Crippen molar-refractivity contribution in [1.82, 2.24) is 4.90 Å². The van der Waals surface area contributed by atoms with Crippen LogP contribution < -0.4 is 0 Å². The first-order valence-corrected chi connectivity index (χ1v) is 10.5. The van der Waals surface area contributed by atoms with Crippen molar-refractivity contribution in [3.8, 4) is 0 Å². The molecule has 3 aromatic rings. The molecule has 1 aliphatic rings. The van der Waals surface area contributed by atoms with Gasteiger partial charge >= 0.3 is 0 Å². The summed E-state index contributed by atoms with van der Waals surface area (Å²) in [6.45, 7) is 1.04. The lowest BCUT2D eigenvalue weighted by molar-refractivity contribution is -0.122. The van der Waals surface area contributed by atoms with Crippen molar-refractivity contribution >= 4 is 40.5 Å². The van der Waals surface area contributed by atoms with Gasteiger partial charge in [-0.2, -0.15) is 0 Å². The SMILES string of the molecule is O=C1/C(=C/c2ccc(Cl)cc2)SC(=NCc2ccccc2)N1Cc1ccccc1. The summed E-state index contributed by atoms with van der Waals surface area (Å²) in [7, 11) is 0. The lowest BCUT2D eigenvalue weighted by Crippen LogP contribution is -2.28. The van der Waals surface area contributed by atoms with Crippen LogP contribution in [-0.4, -0.2) is 16.0 Å². The first kappa shape index (κ1) is 19.5. The first-order valence-electron chi connectivity index (χ1n) is 9.28. The Kier molecular flexibility index (Phi) is 6.13. The summed E-state index contributed by atoms with van der Waals surface area (Å²) in [4.78, 5) is 20.3. The molecule has 0 saturated carbocycles. The highest BCUT2D eigenvalue weighted by Crippen LogP contribution is 2.34. The lowest BCUT2D eigenvalue weighted by Gasteiger charge is -2.15. The number of amides is 1. The van der Waals surface area contributed by atoms with E-state index < -0.39 is 0 Å². The molecule has 4 rings (SSSR count). The second-order valence-electron chi connectivity index (χ2n) is 6.62. The largest absolute Gasteiger partial charge is 0.282 e. The second-order valence-corrected chi connectivity index (χ2v) is 8.07. The molecule has 29 heavy (non-hydrogen) atoms. The molecule has 0 radical (unpaired) electrons. The molecule has 0 aromatic heterocycles. The van der Waals surface area contributed by atoms with E-state index in [0.717, 1.165) is 21.9 Å². The van der Waals surface area contributed by atoms with Crippen molar-refractivity contribution in [3.63, 3.8) is 0 Å². The maximum Gasteiger partial charge on any atom is 0.267 e. The van der Waals surface area contributed by atoms with Crippen molar-refractivity contribution in [1.29, 1.82) is 0 Å². The molecule has 3 nitrogen and oxygen atoms in total. The zero-order chi connectivity index (χ0) is 20.1. The van der Waals surface area contributed by atoms with Gasteiger partial charge in [-0.1, -0.05) is 84.4 Å². The van der Waals surface area contributed by atoms with E-state index in [1.54, 1.807) is 4.90 Å². The van der Waals surface area contributed by atoms with Gasteiger partial charge in [-0.25, -0.2) is 0 Å². The van der Waals surface area contributed by atoms with Crippen LogP contribution in [0.3, 0.4) is 0 Å². The van der Waals surface area contributed by atoms with E-state index >= 15 is 0 Å². The highest BCUT2D eigenvalue weighted by atomic mass is 35.5. The minimum Gasteiger partial charge on any atom is -0.282 e. The predicted molar refractivity (Wildman–Crippen MR) is 122 cm³/mol. The van der Waals surface area contributed by atoms with Crippen molar-refractivity contribution in [2.45, 2.75) is 13.1 Å². The van der Waals surface area contributed by atoms with Crippen LogP contribution in [0, 0.1) is 0 Å². The number of carbonyl (C=O) groups excluding carboxylic acids is 1. The Hall–Kier alpha value is -2.82. The van der Waals surface area contributed by atoms with Gasteiger partial charge < -0.3 is 0 Å². The van der Waals surface area contributed by atoms with Crippen LogP contribution in [0.2, 0.25) is 5.02 Å². The minimum absolute atomic E-state index is 0.0272. The monoisotopic (exact) mass is 418 g/mol. The lowest BCUT2D eigenvalue weighted by atomic mass is 10.2. The number of aliphatic imine (C=N–C) groups is 1. The second kappa shape index (κ2) is 9.12. The smallest absolute Gasteiger partial charge is 0.267 e. The normalized spacial score (nSPS) is 16.7. The van der Waals surface area contributed by atoms with Crippen molar-refractivity contribution in [2.75, 3.05) is 0 Å². The number of hydrogen-bond acceptors (Lipinski definition) is 3. The number of benzene rings is 3. The van der Waals surface area contributed by atoms with Crippen LogP contribution in [0.4, 0.5) is 0 Å². The van der Waals surface area contributed by atoms with Crippen LogP contribution in [0.1, 0.15) is 16.7 Å². The average molecular weight is 419 g/mol. The summed E-state index contributed by atoms with van der Waals surface area (Å²) in [5.74, 6) is -0.0272. The van der Waals surface area contributed by atoms with Gasteiger partial charge in [-0.3, -0.25) is 14.7 Å². The number of rotatable bonds is 5. The van der Waals surface area contributed by atoms with Gasteiger partial charge in [0.25, 0.3) is 5.91 Å². The van der Waals surface area contributed by atoms with Crippen LogP contribution in [-0.2, 0) is 17.9 Å². The summed E-state index contributed by atoms with van der Waals surface area (Å²) in [6.07, 6.45) is 1.90. The molecule has 0 spiro atoms.